The van der Waals surface area contributed by atoms with Crippen LogP contribution in [0.3, 0.4) is 0 Å². The molecule has 0 bridgehead atoms. The molecule has 3 amide bonds. The summed E-state index contributed by atoms with van der Waals surface area (Å²) in [6.45, 7) is 6.77. The van der Waals surface area contributed by atoms with E-state index in [2.05, 4.69) is 20.8 Å². The zero-order chi connectivity index (χ0) is 36.2. The summed E-state index contributed by atoms with van der Waals surface area (Å²) >= 11 is 0. The molecule has 0 aliphatic carbocycles. The molecule has 0 spiro atoms. The molecular formula is C42H88ClN3O3. The fraction of sp³-hybridized carbons (Fsp3) is 0.929. The first-order chi connectivity index (χ1) is 23.3. The number of primary amides is 3. The van der Waals surface area contributed by atoms with Gasteiger partial charge in [-0.2, -0.15) is 0 Å². The molecular weight excluding hydrogens is 630 g/mol. The summed E-state index contributed by atoms with van der Waals surface area (Å²) in [5, 5.41) is 0. The van der Waals surface area contributed by atoms with Crippen LogP contribution in [0.5, 0.6) is 0 Å². The van der Waals surface area contributed by atoms with Crippen molar-refractivity contribution < 1.29 is 14.4 Å². The van der Waals surface area contributed by atoms with E-state index in [0.717, 1.165) is 19.3 Å². The monoisotopic (exact) mass is 718 g/mol. The minimum atomic E-state index is -0.157. The maximum absolute atomic E-state index is 10.5. The van der Waals surface area contributed by atoms with Gasteiger partial charge in [0.15, 0.2) is 0 Å². The highest BCUT2D eigenvalue weighted by Gasteiger charge is 1.98. The van der Waals surface area contributed by atoms with Crippen LogP contribution in [-0.2, 0) is 14.4 Å². The topological polar surface area (TPSA) is 129 Å². The molecule has 49 heavy (non-hydrogen) atoms. The maximum Gasteiger partial charge on any atom is 0.217 e. The van der Waals surface area contributed by atoms with Gasteiger partial charge < -0.3 is 17.2 Å². The molecule has 0 aliphatic heterocycles. The predicted molar refractivity (Wildman–Crippen MR) is 218 cm³/mol. The highest BCUT2D eigenvalue weighted by atomic mass is 35.5. The zero-order valence-electron chi connectivity index (χ0n) is 33.3. The Balaban J connectivity index is -0.000000307. The van der Waals surface area contributed by atoms with E-state index in [4.69, 9.17) is 17.2 Å². The number of amides is 3. The fourth-order valence-electron chi connectivity index (χ4n) is 5.89. The molecule has 6 nitrogen and oxygen atoms in total. The van der Waals surface area contributed by atoms with Gasteiger partial charge >= 0.3 is 0 Å². The Morgan fingerprint density at radius 2 is 0.388 bits per heavy atom. The minimum Gasteiger partial charge on any atom is -0.370 e. The summed E-state index contributed by atoms with van der Waals surface area (Å²) in [5.41, 5.74) is 15.2. The molecule has 296 valence electrons. The summed E-state index contributed by atoms with van der Waals surface area (Å²) in [7, 11) is 0. The second-order valence-electron chi connectivity index (χ2n) is 14.3. The third-order valence-electron chi connectivity index (χ3n) is 9.08. The van der Waals surface area contributed by atoms with Crippen molar-refractivity contribution in [2.75, 3.05) is 0 Å². The standard InChI is InChI=1S/3C14H29NO.ClH/c3*1-2-3-4-5-6-7-8-9-10-11-12-13-14(15)16;/h3*2-13H2,1H3,(H2,15,16);1H. The molecule has 0 aromatic carbocycles. The first kappa shape index (κ1) is 54.5. The third-order valence-corrected chi connectivity index (χ3v) is 9.08. The van der Waals surface area contributed by atoms with Crippen molar-refractivity contribution in [3.63, 3.8) is 0 Å². The maximum atomic E-state index is 10.5. The van der Waals surface area contributed by atoms with Crippen LogP contribution < -0.4 is 17.2 Å². The number of hydrogen-bond donors (Lipinski definition) is 3. The smallest absolute Gasteiger partial charge is 0.217 e. The molecule has 0 fully saturated rings. The number of nitrogens with two attached hydrogens (primary N) is 3. The number of carbonyl (C=O) groups is 3. The lowest BCUT2D eigenvalue weighted by molar-refractivity contribution is -0.119. The van der Waals surface area contributed by atoms with E-state index >= 15 is 0 Å². The molecule has 0 heterocycles. The summed E-state index contributed by atoms with van der Waals surface area (Å²) in [6.07, 6.45) is 45.0. The Hall–Kier alpha value is -1.30. The summed E-state index contributed by atoms with van der Waals surface area (Å²) < 4.78 is 0. The largest absolute Gasteiger partial charge is 0.370 e. The van der Waals surface area contributed by atoms with Gasteiger partial charge in [0, 0.05) is 19.3 Å². The van der Waals surface area contributed by atoms with Crippen LogP contribution in [0.1, 0.15) is 252 Å². The lowest BCUT2D eigenvalue weighted by Gasteiger charge is -2.01. The van der Waals surface area contributed by atoms with E-state index in [-0.39, 0.29) is 30.1 Å². The Bertz CT molecular complexity index is 563. The number of halogens is 1. The predicted octanol–water partition coefficient (Wildman–Crippen LogP) is 12.9. The molecule has 0 aromatic heterocycles. The molecule has 6 N–H and O–H groups in total. The van der Waals surface area contributed by atoms with Crippen molar-refractivity contribution in [1.82, 2.24) is 0 Å². The van der Waals surface area contributed by atoms with Crippen LogP contribution in [0.15, 0.2) is 0 Å². The second-order valence-corrected chi connectivity index (χ2v) is 14.3. The van der Waals surface area contributed by atoms with Crippen molar-refractivity contribution in [3.8, 4) is 0 Å². The number of unbranched alkanes of at least 4 members (excludes halogenated alkanes) is 30. The Labute approximate surface area is 312 Å². The lowest BCUT2D eigenvalue weighted by atomic mass is 10.1. The molecule has 0 aromatic rings. The van der Waals surface area contributed by atoms with Crippen LogP contribution in [0.25, 0.3) is 0 Å². The fourth-order valence-corrected chi connectivity index (χ4v) is 5.89. The molecule has 0 saturated heterocycles. The minimum absolute atomic E-state index is 0. The van der Waals surface area contributed by atoms with Gasteiger partial charge in [-0.1, -0.05) is 213 Å². The number of hydrogen-bond acceptors (Lipinski definition) is 3. The Kier molecular flexibility index (Phi) is 56.8. The SMILES string of the molecule is CCCCCCCCCCCCCC(N)=O.CCCCCCCCCCCCCC(N)=O.CCCCCCCCCCCCCC(N)=O.Cl. The van der Waals surface area contributed by atoms with E-state index in [9.17, 15) is 14.4 Å². The molecule has 0 rings (SSSR count). The summed E-state index contributed by atoms with van der Waals surface area (Å²) in [4.78, 5) is 31.4. The molecule has 0 radical (unpaired) electrons. The Morgan fingerprint density at radius 1 is 0.265 bits per heavy atom. The van der Waals surface area contributed by atoms with E-state index in [1.807, 2.05) is 0 Å². The zero-order valence-corrected chi connectivity index (χ0v) is 34.1. The van der Waals surface area contributed by atoms with Gasteiger partial charge in [0.25, 0.3) is 0 Å². The third kappa shape index (κ3) is 65.7. The van der Waals surface area contributed by atoms with Gasteiger partial charge in [-0.05, 0) is 19.3 Å². The second kappa shape index (κ2) is 51.1. The van der Waals surface area contributed by atoms with E-state index in [0.29, 0.717) is 19.3 Å². The first-order valence-electron chi connectivity index (χ1n) is 21.2. The van der Waals surface area contributed by atoms with Crippen molar-refractivity contribution in [2.45, 2.75) is 252 Å². The van der Waals surface area contributed by atoms with Crippen LogP contribution in [-0.4, -0.2) is 17.7 Å². The van der Waals surface area contributed by atoms with Crippen LogP contribution >= 0.6 is 12.4 Å². The van der Waals surface area contributed by atoms with Crippen molar-refractivity contribution in [3.05, 3.63) is 0 Å². The van der Waals surface area contributed by atoms with Crippen molar-refractivity contribution in [2.24, 2.45) is 17.2 Å². The Morgan fingerprint density at radius 3 is 0.510 bits per heavy atom. The summed E-state index contributed by atoms with van der Waals surface area (Å²) in [5.74, 6) is -0.470. The van der Waals surface area contributed by atoms with E-state index in [1.165, 1.54) is 193 Å². The van der Waals surface area contributed by atoms with Gasteiger partial charge in [-0.15, -0.1) is 12.4 Å². The normalized spacial score (nSPS) is 10.3. The highest BCUT2D eigenvalue weighted by Crippen LogP contribution is 2.14. The van der Waals surface area contributed by atoms with Crippen LogP contribution in [0.2, 0.25) is 0 Å². The van der Waals surface area contributed by atoms with Gasteiger partial charge in [0.05, 0.1) is 0 Å². The van der Waals surface area contributed by atoms with E-state index in [1.54, 1.807) is 0 Å². The average molecular weight is 719 g/mol. The van der Waals surface area contributed by atoms with Gasteiger partial charge in [0.2, 0.25) is 17.7 Å². The van der Waals surface area contributed by atoms with Crippen LogP contribution in [0.4, 0.5) is 0 Å². The average Bonchev–Trinajstić information content (AvgIpc) is 3.05. The molecule has 0 aliphatic rings. The first-order valence-corrected chi connectivity index (χ1v) is 21.2. The summed E-state index contributed by atoms with van der Waals surface area (Å²) in [6, 6.07) is 0. The van der Waals surface area contributed by atoms with Gasteiger partial charge in [-0.25, -0.2) is 0 Å². The molecule has 7 heteroatoms. The quantitative estimate of drug-likeness (QED) is 0.0558. The molecule has 0 unspecified atom stereocenters. The van der Waals surface area contributed by atoms with Crippen LogP contribution in [0, 0.1) is 0 Å². The molecule has 0 saturated carbocycles. The van der Waals surface area contributed by atoms with Crippen molar-refractivity contribution in [1.29, 1.82) is 0 Å². The van der Waals surface area contributed by atoms with Gasteiger partial charge in [0.1, 0.15) is 0 Å². The number of carbonyl (C=O) groups excluding carboxylic acids is 3. The van der Waals surface area contributed by atoms with Crippen molar-refractivity contribution >= 4 is 30.1 Å². The van der Waals surface area contributed by atoms with Gasteiger partial charge in [-0.3, -0.25) is 14.4 Å². The molecule has 0 atom stereocenters. The number of rotatable bonds is 36. The highest BCUT2D eigenvalue weighted by molar-refractivity contribution is 5.85. The van der Waals surface area contributed by atoms with E-state index < -0.39 is 0 Å². The lowest BCUT2D eigenvalue weighted by Crippen LogP contribution is -2.09.